The first kappa shape index (κ1) is 20.1. The molecule has 5 rings (SSSR count). The molecule has 0 aliphatic heterocycles. The normalized spacial score (nSPS) is 18.4. The Morgan fingerprint density at radius 3 is 2.31 bits per heavy atom. The van der Waals surface area contributed by atoms with Crippen molar-refractivity contribution >= 4 is 12.1 Å². The van der Waals surface area contributed by atoms with Gasteiger partial charge in [0.1, 0.15) is 12.4 Å². The summed E-state index contributed by atoms with van der Waals surface area (Å²) in [6.45, 7) is 0.126. The molecule has 0 aromatic heterocycles. The van der Waals surface area contributed by atoms with Crippen LogP contribution in [0.5, 0.6) is 5.75 Å². The number of fused-ring (bicyclic) bond motifs is 4. The van der Waals surface area contributed by atoms with Crippen LogP contribution in [0.4, 0.5) is 4.79 Å². The lowest BCUT2D eigenvalue weighted by atomic mass is 9.92. The highest BCUT2D eigenvalue weighted by Gasteiger charge is 2.47. The zero-order chi connectivity index (χ0) is 22.3. The van der Waals surface area contributed by atoms with Crippen LogP contribution in [0.1, 0.15) is 34.6 Å². The van der Waals surface area contributed by atoms with E-state index in [0.717, 1.165) is 27.8 Å². The van der Waals surface area contributed by atoms with Gasteiger partial charge in [-0.05, 0) is 58.4 Å². The lowest BCUT2D eigenvalue weighted by molar-refractivity contribution is -0.145. The van der Waals surface area contributed by atoms with Crippen molar-refractivity contribution in [3.63, 3.8) is 0 Å². The van der Waals surface area contributed by atoms with Gasteiger partial charge in [0.15, 0.2) is 5.54 Å². The molecular formula is C26H23NO5. The number of carboxylic acids is 1. The third-order valence-electron chi connectivity index (χ3n) is 6.57. The maximum atomic E-state index is 12.8. The maximum absolute atomic E-state index is 12.8. The Kier molecular flexibility index (Phi) is 4.85. The van der Waals surface area contributed by atoms with Crippen LogP contribution >= 0.6 is 0 Å². The summed E-state index contributed by atoms with van der Waals surface area (Å²) in [5.74, 6) is -0.659. The van der Waals surface area contributed by atoms with Gasteiger partial charge in [0.05, 0.1) is 7.11 Å². The fourth-order valence-corrected chi connectivity index (χ4v) is 4.97. The van der Waals surface area contributed by atoms with Crippen LogP contribution in [0.3, 0.4) is 0 Å². The minimum absolute atomic E-state index is 0.0927. The molecule has 2 aliphatic rings. The predicted octanol–water partition coefficient (Wildman–Crippen LogP) is 4.46. The van der Waals surface area contributed by atoms with Crippen molar-refractivity contribution in [3.8, 4) is 16.9 Å². The van der Waals surface area contributed by atoms with Gasteiger partial charge < -0.3 is 19.9 Å². The van der Waals surface area contributed by atoms with E-state index >= 15 is 0 Å². The molecule has 0 radical (unpaired) electrons. The zero-order valence-corrected chi connectivity index (χ0v) is 17.6. The van der Waals surface area contributed by atoms with Crippen molar-refractivity contribution in [2.75, 3.05) is 13.7 Å². The quantitative estimate of drug-likeness (QED) is 0.626. The first-order chi connectivity index (χ1) is 15.5. The number of carbonyl (C=O) groups is 2. The van der Waals surface area contributed by atoms with E-state index in [2.05, 4.69) is 17.4 Å². The van der Waals surface area contributed by atoms with Crippen LogP contribution in [0.2, 0.25) is 0 Å². The average Bonchev–Trinajstić information content (AvgIpc) is 3.34. The number of hydrogen-bond acceptors (Lipinski definition) is 4. The lowest BCUT2D eigenvalue weighted by Crippen LogP contribution is -2.50. The molecule has 0 saturated carbocycles. The second kappa shape index (κ2) is 7.71. The smallest absolute Gasteiger partial charge is 0.408 e. The summed E-state index contributed by atoms with van der Waals surface area (Å²) in [5, 5.41) is 12.7. The van der Waals surface area contributed by atoms with Crippen LogP contribution < -0.4 is 10.1 Å². The summed E-state index contributed by atoms with van der Waals surface area (Å²) in [6, 6.07) is 21.5. The Balaban J connectivity index is 1.37. The molecule has 0 bridgehead atoms. The molecule has 2 N–H and O–H groups in total. The first-order valence-corrected chi connectivity index (χ1v) is 10.6. The Hall–Kier alpha value is -3.80. The molecule has 6 nitrogen and oxygen atoms in total. The van der Waals surface area contributed by atoms with Gasteiger partial charge in [0.25, 0.3) is 0 Å². The summed E-state index contributed by atoms with van der Waals surface area (Å²) in [7, 11) is 1.53. The van der Waals surface area contributed by atoms with Crippen molar-refractivity contribution in [1.29, 1.82) is 0 Å². The molecule has 32 heavy (non-hydrogen) atoms. The standard InChI is InChI=1S/C26H23NO5/c1-31-17-11-10-16-12-13-26(24(28)29,23(16)14-17)27-25(30)32-15-22-20-8-4-2-6-18(20)19-7-3-5-9-21(19)22/h2-11,14,22H,12-13,15H2,1H3,(H,27,30)(H,28,29). The van der Waals surface area contributed by atoms with Gasteiger partial charge in [0, 0.05) is 5.92 Å². The minimum Gasteiger partial charge on any atom is -0.497 e. The van der Waals surface area contributed by atoms with E-state index in [9.17, 15) is 14.7 Å². The molecule has 0 saturated heterocycles. The number of aliphatic carboxylic acids is 1. The molecule has 3 aromatic carbocycles. The third kappa shape index (κ3) is 3.11. The van der Waals surface area contributed by atoms with Gasteiger partial charge in [-0.3, -0.25) is 0 Å². The number of alkyl carbamates (subject to hydrolysis) is 1. The van der Waals surface area contributed by atoms with Crippen molar-refractivity contribution < 1.29 is 24.2 Å². The summed E-state index contributed by atoms with van der Waals surface area (Å²) in [6.07, 6.45) is 0.0644. The number of methoxy groups -OCH3 is 1. The lowest BCUT2D eigenvalue weighted by Gasteiger charge is -2.27. The molecule has 6 heteroatoms. The molecule has 0 fully saturated rings. The van der Waals surface area contributed by atoms with Crippen molar-refractivity contribution in [1.82, 2.24) is 5.32 Å². The van der Waals surface area contributed by atoms with E-state index in [1.54, 1.807) is 12.1 Å². The van der Waals surface area contributed by atoms with Gasteiger partial charge in [-0.1, -0.05) is 54.6 Å². The second-order valence-corrected chi connectivity index (χ2v) is 8.18. The number of carboxylic acid groups (broad SMARTS) is 1. The predicted molar refractivity (Wildman–Crippen MR) is 119 cm³/mol. The molecule has 3 aromatic rings. The van der Waals surface area contributed by atoms with E-state index in [0.29, 0.717) is 17.7 Å². The van der Waals surface area contributed by atoms with E-state index in [-0.39, 0.29) is 18.9 Å². The highest BCUT2D eigenvalue weighted by atomic mass is 16.5. The number of carbonyl (C=O) groups excluding carboxylic acids is 1. The minimum atomic E-state index is -1.54. The van der Waals surface area contributed by atoms with Gasteiger partial charge in [-0.25, -0.2) is 9.59 Å². The van der Waals surface area contributed by atoms with Crippen LogP contribution in [0.15, 0.2) is 66.7 Å². The topological polar surface area (TPSA) is 84.9 Å². The Labute approximate surface area is 185 Å². The molecule has 0 spiro atoms. The van der Waals surface area contributed by atoms with E-state index < -0.39 is 17.6 Å². The van der Waals surface area contributed by atoms with Crippen molar-refractivity contribution in [3.05, 3.63) is 89.0 Å². The second-order valence-electron chi connectivity index (χ2n) is 8.18. The number of amides is 1. The van der Waals surface area contributed by atoms with Crippen LogP contribution in [0.25, 0.3) is 11.1 Å². The zero-order valence-electron chi connectivity index (χ0n) is 17.6. The van der Waals surface area contributed by atoms with Crippen LogP contribution in [0, 0.1) is 0 Å². The summed E-state index contributed by atoms with van der Waals surface area (Å²) < 4.78 is 10.9. The molecule has 0 heterocycles. The summed E-state index contributed by atoms with van der Waals surface area (Å²) in [5.41, 5.74) is 4.36. The van der Waals surface area contributed by atoms with Crippen LogP contribution in [-0.4, -0.2) is 30.9 Å². The number of aryl methyl sites for hydroxylation is 1. The molecule has 162 valence electrons. The molecule has 2 aliphatic carbocycles. The highest BCUT2D eigenvalue weighted by molar-refractivity contribution is 5.87. The average molecular weight is 429 g/mol. The maximum Gasteiger partial charge on any atom is 0.408 e. The largest absolute Gasteiger partial charge is 0.497 e. The monoisotopic (exact) mass is 429 g/mol. The molecule has 1 amide bonds. The summed E-state index contributed by atoms with van der Waals surface area (Å²) >= 11 is 0. The number of hydrogen-bond donors (Lipinski definition) is 2. The number of ether oxygens (including phenoxy) is 2. The molecular weight excluding hydrogens is 406 g/mol. The van der Waals surface area contributed by atoms with Crippen molar-refractivity contribution in [2.24, 2.45) is 0 Å². The number of nitrogens with one attached hydrogen (secondary N) is 1. The fourth-order valence-electron chi connectivity index (χ4n) is 4.97. The van der Waals surface area contributed by atoms with E-state index in [1.807, 2.05) is 42.5 Å². The number of benzene rings is 3. The number of rotatable bonds is 5. The summed E-state index contributed by atoms with van der Waals surface area (Å²) in [4.78, 5) is 25.1. The van der Waals surface area contributed by atoms with Gasteiger partial charge in [-0.15, -0.1) is 0 Å². The molecule has 1 unspecified atom stereocenters. The van der Waals surface area contributed by atoms with E-state index in [4.69, 9.17) is 9.47 Å². The van der Waals surface area contributed by atoms with Gasteiger partial charge in [-0.2, -0.15) is 0 Å². The Morgan fingerprint density at radius 2 is 1.69 bits per heavy atom. The molecule has 1 atom stereocenters. The first-order valence-electron chi connectivity index (χ1n) is 10.6. The Morgan fingerprint density at radius 1 is 1.03 bits per heavy atom. The SMILES string of the molecule is COc1ccc2c(c1)C(NC(=O)OCC1c3ccccc3-c3ccccc31)(C(=O)O)CC2. The fraction of sp³-hybridized carbons (Fsp3) is 0.231. The van der Waals surface area contributed by atoms with E-state index in [1.165, 1.54) is 7.11 Å². The third-order valence-corrected chi connectivity index (χ3v) is 6.57. The van der Waals surface area contributed by atoms with Crippen LogP contribution in [-0.2, 0) is 21.5 Å². The van der Waals surface area contributed by atoms with Gasteiger partial charge in [0.2, 0.25) is 0 Å². The Bertz CT molecular complexity index is 1170. The van der Waals surface area contributed by atoms with Crippen molar-refractivity contribution in [2.45, 2.75) is 24.3 Å². The van der Waals surface area contributed by atoms with Gasteiger partial charge >= 0.3 is 12.1 Å². The highest BCUT2D eigenvalue weighted by Crippen LogP contribution is 2.45.